The van der Waals surface area contributed by atoms with Crippen molar-refractivity contribution in [1.82, 2.24) is 0 Å². The van der Waals surface area contributed by atoms with E-state index in [4.69, 9.17) is 0 Å². The standard InChI is InChI=1S/C11H20O/c1-3-4-5-6-7-10-8-11(10)9(2)12/h6-7,9-12H,3-5,8H2,1-2H3. The highest BCUT2D eigenvalue weighted by Gasteiger charge is 2.37. The van der Waals surface area contributed by atoms with Crippen LogP contribution in [0.5, 0.6) is 0 Å². The van der Waals surface area contributed by atoms with Gasteiger partial charge in [-0.3, -0.25) is 0 Å². The molecule has 1 rings (SSSR count). The molecule has 0 amide bonds. The third-order valence-corrected chi connectivity index (χ3v) is 2.62. The molecule has 0 bridgehead atoms. The van der Waals surface area contributed by atoms with Crippen molar-refractivity contribution < 1.29 is 5.11 Å². The van der Waals surface area contributed by atoms with Gasteiger partial charge in [-0.05, 0) is 31.6 Å². The number of rotatable bonds is 5. The lowest BCUT2D eigenvalue weighted by Gasteiger charge is -1.98. The Morgan fingerprint density at radius 3 is 2.83 bits per heavy atom. The minimum Gasteiger partial charge on any atom is -0.393 e. The predicted octanol–water partition coefficient (Wildman–Crippen LogP) is 2.75. The highest BCUT2D eigenvalue weighted by molar-refractivity contribution is 5.03. The second kappa shape index (κ2) is 4.66. The quantitative estimate of drug-likeness (QED) is 0.494. The number of aliphatic hydroxyl groups is 1. The maximum absolute atomic E-state index is 9.23. The fraction of sp³-hybridized carbons (Fsp3) is 0.818. The zero-order chi connectivity index (χ0) is 8.97. The number of hydrogen-bond donors (Lipinski definition) is 1. The normalized spacial score (nSPS) is 30.9. The number of allylic oxidation sites excluding steroid dienone is 2. The van der Waals surface area contributed by atoms with Crippen LogP contribution in [0.1, 0.15) is 39.5 Å². The van der Waals surface area contributed by atoms with Crippen LogP contribution in [-0.2, 0) is 0 Å². The van der Waals surface area contributed by atoms with E-state index in [1.165, 1.54) is 25.7 Å². The van der Waals surface area contributed by atoms with Crippen LogP contribution in [0.4, 0.5) is 0 Å². The molecule has 3 unspecified atom stereocenters. The summed E-state index contributed by atoms with van der Waals surface area (Å²) in [6.07, 6.45) is 9.42. The first-order valence-electron chi connectivity index (χ1n) is 5.10. The van der Waals surface area contributed by atoms with Crippen LogP contribution in [0, 0.1) is 11.8 Å². The lowest BCUT2D eigenvalue weighted by molar-refractivity contribution is 0.167. The lowest BCUT2D eigenvalue weighted by Crippen LogP contribution is -2.02. The van der Waals surface area contributed by atoms with Gasteiger partial charge in [-0.25, -0.2) is 0 Å². The van der Waals surface area contributed by atoms with E-state index in [9.17, 15) is 5.11 Å². The van der Waals surface area contributed by atoms with Crippen LogP contribution in [0.2, 0.25) is 0 Å². The fourth-order valence-electron chi connectivity index (χ4n) is 1.60. The number of aliphatic hydroxyl groups excluding tert-OH is 1. The molecule has 0 aromatic carbocycles. The summed E-state index contributed by atoms with van der Waals surface area (Å²) in [5.41, 5.74) is 0. The monoisotopic (exact) mass is 168 g/mol. The van der Waals surface area contributed by atoms with Gasteiger partial charge in [0.2, 0.25) is 0 Å². The van der Waals surface area contributed by atoms with Gasteiger partial charge in [0.25, 0.3) is 0 Å². The Hall–Kier alpha value is -0.300. The molecule has 1 saturated carbocycles. The van der Waals surface area contributed by atoms with Gasteiger partial charge < -0.3 is 5.11 Å². The molecule has 1 aliphatic carbocycles. The molecule has 1 heteroatoms. The zero-order valence-electron chi connectivity index (χ0n) is 8.16. The van der Waals surface area contributed by atoms with E-state index < -0.39 is 0 Å². The topological polar surface area (TPSA) is 20.2 Å². The molecule has 70 valence electrons. The molecule has 1 fully saturated rings. The van der Waals surface area contributed by atoms with Crippen molar-refractivity contribution in [3.05, 3.63) is 12.2 Å². The fourth-order valence-corrected chi connectivity index (χ4v) is 1.60. The van der Waals surface area contributed by atoms with E-state index in [2.05, 4.69) is 19.1 Å². The highest BCUT2D eigenvalue weighted by atomic mass is 16.3. The SMILES string of the molecule is CCCCC=CC1CC1C(C)O. The maximum atomic E-state index is 9.23. The summed E-state index contributed by atoms with van der Waals surface area (Å²) >= 11 is 0. The molecule has 1 nitrogen and oxygen atoms in total. The molecule has 0 heterocycles. The average Bonchev–Trinajstić information content (AvgIpc) is 2.77. The summed E-state index contributed by atoms with van der Waals surface area (Å²) in [5, 5.41) is 9.23. The summed E-state index contributed by atoms with van der Waals surface area (Å²) < 4.78 is 0. The van der Waals surface area contributed by atoms with E-state index in [1.807, 2.05) is 6.92 Å². The molecule has 0 radical (unpaired) electrons. The molecule has 0 aromatic rings. The van der Waals surface area contributed by atoms with Crippen LogP contribution >= 0.6 is 0 Å². The minimum absolute atomic E-state index is 0.106. The van der Waals surface area contributed by atoms with Crippen LogP contribution in [0.25, 0.3) is 0 Å². The maximum Gasteiger partial charge on any atom is 0.0546 e. The molecule has 0 spiro atoms. The molecule has 0 aromatic heterocycles. The van der Waals surface area contributed by atoms with Crippen molar-refractivity contribution in [3.63, 3.8) is 0 Å². The highest BCUT2D eigenvalue weighted by Crippen LogP contribution is 2.42. The summed E-state index contributed by atoms with van der Waals surface area (Å²) in [4.78, 5) is 0. The number of hydrogen-bond acceptors (Lipinski definition) is 1. The Morgan fingerprint density at radius 2 is 2.33 bits per heavy atom. The Morgan fingerprint density at radius 1 is 1.58 bits per heavy atom. The van der Waals surface area contributed by atoms with Crippen LogP contribution < -0.4 is 0 Å². The van der Waals surface area contributed by atoms with Gasteiger partial charge in [-0.15, -0.1) is 0 Å². The lowest BCUT2D eigenvalue weighted by atomic mass is 10.2. The minimum atomic E-state index is -0.106. The average molecular weight is 168 g/mol. The van der Waals surface area contributed by atoms with Crippen molar-refractivity contribution in [3.8, 4) is 0 Å². The largest absolute Gasteiger partial charge is 0.393 e. The summed E-state index contributed by atoms with van der Waals surface area (Å²) in [6.45, 7) is 4.11. The van der Waals surface area contributed by atoms with Gasteiger partial charge in [0.1, 0.15) is 0 Å². The summed E-state index contributed by atoms with van der Waals surface area (Å²) in [5.74, 6) is 1.24. The van der Waals surface area contributed by atoms with E-state index in [1.54, 1.807) is 0 Å². The van der Waals surface area contributed by atoms with E-state index >= 15 is 0 Å². The molecule has 0 saturated heterocycles. The molecule has 12 heavy (non-hydrogen) atoms. The molecule has 1 N–H and O–H groups in total. The van der Waals surface area contributed by atoms with E-state index in [-0.39, 0.29) is 6.10 Å². The molecule has 0 aliphatic heterocycles. The van der Waals surface area contributed by atoms with Gasteiger partial charge in [-0.2, -0.15) is 0 Å². The van der Waals surface area contributed by atoms with Gasteiger partial charge in [0.05, 0.1) is 6.10 Å². The van der Waals surface area contributed by atoms with Gasteiger partial charge in [0, 0.05) is 0 Å². The van der Waals surface area contributed by atoms with Gasteiger partial charge in [0.15, 0.2) is 0 Å². The van der Waals surface area contributed by atoms with Crippen molar-refractivity contribution in [2.45, 2.75) is 45.6 Å². The Balaban J connectivity index is 2.06. The summed E-state index contributed by atoms with van der Waals surface area (Å²) in [6, 6.07) is 0. The molecule has 1 aliphatic rings. The Labute approximate surface area is 75.5 Å². The third kappa shape index (κ3) is 2.98. The first-order valence-corrected chi connectivity index (χ1v) is 5.10. The first kappa shape index (κ1) is 9.79. The predicted molar refractivity (Wildman–Crippen MR) is 51.9 cm³/mol. The van der Waals surface area contributed by atoms with Crippen molar-refractivity contribution >= 4 is 0 Å². The Bertz CT molecular complexity index is 149. The first-order chi connectivity index (χ1) is 5.75. The van der Waals surface area contributed by atoms with Crippen molar-refractivity contribution in [1.29, 1.82) is 0 Å². The second-order valence-electron chi connectivity index (χ2n) is 3.87. The van der Waals surface area contributed by atoms with Gasteiger partial charge >= 0.3 is 0 Å². The molecular weight excluding hydrogens is 148 g/mol. The second-order valence-corrected chi connectivity index (χ2v) is 3.87. The van der Waals surface area contributed by atoms with Crippen molar-refractivity contribution in [2.24, 2.45) is 11.8 Å². The molecular formula is C11H20O. The number of unbranched alkanes of at least 4 members (excludes halogenated alkanes) is 2. The van der Waals surface area contributed by atoms with Crippen LogP contribution in [0.3, 0.4) is 0 Å². The summed E-state index contributed by atoms with van der Waals surface area (Å²) in [7, 11) is 0. The van der Waals surface area contributed by atoms with Crippen molar-refractivity contribution in [2.75, 3.05) is 0 Å². The van der Waals surface area contributed by atoms with Crippen LogP contribution in [0.15, 0.2) is 12.2 Å². The van der Waals surface area contributed by atoms with E-state index in [0.29, 0.717) is 11.8 Å². The smallest absolute Gasteiger partial charge is 0.0546 e. The Kier molecular flexibility index (Phi) is 3.80. The van der Waals surface area contributed by atoms with E-state index in [0.717, 1.165) is 0 Å². The molecule has 3 atom stereocenters. The van der Waals surface area contributed by atoms with Gasteiger partial charge in [-0.1, -0.05) is 31.9 Å². The third-order valence-electron chi connectivity index (χ3n) is 2.62. The zero-order valence-corrected chi connectivity index (χ0v) is 8.16. The van der Waals surface area contributed by atoms with Crippen LogP contribution in [-0.4, -0.2) is 11.2 Å².